The maximum absolute atomic E-state index is 6.59. The molecular weight excluding hydrogens is 520 g/mol. The lowest BCUT2D eigenvalue weighted by molar-refractivity contribution is 0.0262. The molecule has 4 unspecified atom stereocenters. The van der Waals surface area contributed by atoms with Gasteiger partial charge in [-0.25, -0.2) is 9.34 Å². The highest BCUT2D eigenvalue weighted by atomic mass is 31.2. The average molecular weight is 572 g/mol. The fourth-order valence-corrected chi connectivity index (χ4v) is 8.63. The van der Waals surface area contributed by atoms with Crippen molar-refractivity contribution >= 4 is 32.7 Å². The van der Waals surface area contributed by atoms with E-state index in [0.717, 1.165) is 12.8 Å². The number of hydrogen-bond acceptors (Lipinski definition) is 8. The molecule has 2 aliphatic heterocycles. The van der Waals surface area contributed by atoms with Crippen molar-refractivity contribution in [3.8, 4) is 0 Å². The second-order valence-electron chi connectivity index (χ2n) is 11.3. The average Bonchev–Trinajstić information content (AvgIpc) is 3.35. The minimum absolute atomic E-state index is 0.0191. The lowest BCUT2D eigenvalue weighted by Gasteiger charge is -2.38. The first-order valence-electron chi connectivity index (χ1n) is 14.5. The molecule has 8 atom stereocenters. The Hall–Kier alpha value is 0.670. The Bertz CT molecular complexity index is 599. The first-order chi connectivity index (χ1) is 17.9. The van der Waals surface area contributed by atoms with Crippen LogP contribution in [0.2, 0.25) is 0 Å². The van der Waals surface area contributed by atoms with Crippen molar-refractivity contribution in [3.63, 3.8) is 0 Å². The summed E-state index contributed by atoms with van der Waals surface area (Å²) in [5.41, 5.74) is 0. The zero-order chi connectivity index (χ0) is 28.6. The first-order valence-corrected chi connectivity index (χ1v) is 16.7. The number of rotatable bonds is 17. The molecule has 0 aliphatic carbocycles. The van der Waals surface area contributed by atoms with Crippen molar-refractivity contribution in [2.75, 3.05) is 13.2 Å². The fraction of sp³-hybridized carbons (Fsp3) is 1.00. The number of hydrogen-bond donors (Lipinski definition) is 0. The molecule has 0 saturated carbocycles. The molecule has 0 spiro atoms. The Morgan fingerprint density at radius 1 is 0.658 bits per heavy atom. The van der Waals surface area contributed by atoms with Gasteiger partial charge in [0.05, 0.1) is 37.6 Å². The van der Waals surface area contributed by atoms with Gasteiger partial charge in [0, 0.05) is 36.2 Å². The Labute approximate surface area is 238 Å². The molecule has 0 aromatic rings. The van der Waals surface area contributed by atoms with Gasteiger partial charge in [-0.15, -0.1) is 0 Å². The second kappa shape index (κ2) is 16.9. The topological polar surface area (TPSA) is 61.9 Å². The lowest BCUT2D eigenvalue weighted by Crippen LogP contribution is -2.36. The van der Waals surface area contributed by atoms with E-state index < -0.39 is 17.1 Å². The summed E-state index contributed by atoms with van der Waals surface area (Å²) in [4.78, 5) is 0. The third-order valence-electron chi connectivity index (χ3n) is 6.69. The molecule has 0 amide bonds. The van der Waals surface area contributed by atoms with Crippen molar-refractivity contribution < 1.29 is 27.6 Å². The molecule has 2 saturated heterocycles. The summed E-state index contributed by atoms with van der Waals surface area (Å²) >= 11 is 0. The van der Waals surface area contributed by atoms with Crippen molar-refractivity contribution in [1.82, 2.24) is 9.34 Å². The Morgan fingerprint density at radius 2 is 0.974 bits per heavy atom. The molecule has 0 aromatic heterocycles. The highest BCUT2D eigenvalue weighted by Crippen LogP contribution is 2.51. The van der Waals surface area contributed by atoms with Crippen molar-refractivity contribution in [3.05, 3.63) is 0 Å². The summed E-state index contributed by atoms with van der Waals surface area (Å²) < 4.78 is 42.4. The Kier molecular flexibility index (Phi) is 15.6. The van der Waals surface area contributed by atoms with Gasteiger partial charge in [0.25, 0.3) is 17.1 Å². The van der Waals surface area contributed by atoms with Crippen LogP contribution in [0.15, 0.2) is 0 Å². The summed E-state index contributed by atoms with van der Waals surface area (Å²) in [5.74, 6) is 0. The van der Waals surface area contributed by atoms with Crippen molar-refractivity contribution in [2.24, 2.45) is 0 Å². The maximum Gasteiger partial charge on any atom is 0.259 e. The molecule has 2 heterocycles. The van der Waals surface area contributed by atoms with E-state index in [2.05, 4.69) is 78.6 Å². The fourth-order valence-electron chi connectivity index (χ4n) is 5.15. The second-order valence-corrected chi connectivity index (χ2v) is 14.1. The van der Waals surface area contributed by atoms with Crippen LogP contribution >= 0.6 is 17.1 Å². The quantitative estimate of drug-likeness (QED) is 0.122. The van der Waals surface area contributed by atoms with Gasteiger partial charge in [0.1, 0.15) is 15.7 Å². The van der Waals surface area contributed by atoms with Crippen molar-refractivity contribution in [1.29, 1.82) is 0 Å². The van der Waals surface area contributed by atoms with Gasteiger partial charge in [-0.05, 0) is 81.1 Å². The van der Waals surface area contributed by atoms with E-state index >= 15 is 0 Å². The van der Waals surface area contributed by atoms with E-state index in [-0.39, 0.29) is 60.6 Å². The molecule has 218 valence electrons. The highest BCUT2D eigenvalue weighted by molar-refractivity contribution is 7.45. The van der Waals surface area contributed by atoms with Gasteiger partial charge in [-0.2, -0.15) is 0 Å². The number of nitrogens with zero attached hydrogens (tertiary/aromatic N) is 2. The van der Waals surface area contributed by atoms with Gasteiger partial charge in [-0.3, -0.25) is 0 Å². The summed E-state index contributed by atoms with van der Waals surface area (Å²) in [6.07, 6.45) is 2.83. The van der Waals surface area contributed by atoms with Crippen LogP contribution in [0.25, 0.3) is 0 Å². The third-order valence-corrected chi connectivity index (χ3v) is 11.0. The summed E-state index contributed by atoms with van der Waals surface area (Å²) in [7, 11) is 9.51. The van der Waals surface area contributed by atoms with E-state index in [1.807, 2.05) is 0 Å². The maximum atomic E-state index is 6.59. The first kappa shape index (κ1) is 34.9. The van der Waals surface area contributed by atoms with Gasteiger partial charge in [-0.1, -0.05) is 13.8 Å². The lowest BCUT2D eigenvalue weighted by atomic mass is 9.96. The van der Waals surface area contributed by atoms with Crippen LogP contribution in [0.3, 0.4) is 0 Å². The van der Waals surface area contributed by atoms with Gasteiger partial charge < -0.3 is 27.6 Å². The monoisotopic (exact) mass is 572 g/mol. The standard InChI is InChI=1S/C26H52B2N2O6P2/c1-11-21-23(15-25(27)33-21)35-37(29(17(3)4)18(5)6)31-13-14-32-38(30(19(7)8)20(9)10)36-24-16-26(28)34-22(24)12-2/h17-26H,11-16H2,1-10H3/t21-,22-,23?,24?,25-,26-,37?,38?/m1/s1. The Morgan fingerprint density at radius 3 is 1.24 bits per heavy atom. The van der Waals surface area contributed by atoms with Crippen LogP contribution in [0.4, 0.5) is 0 Å². The van der Waals surface area contributed by atoms with E-state index in [1.165, 1.54) is 0 Å². The normalized spacial score (nSPS) is 30.1. The third kappa shape index (κ3) is 10.2. The molecule has 0 bridgehead atoms. The molecule has 0 aromatic carbocycles. The molecular formula is C26H52B2N2O6P2. The summed E-state index contributed by atoms with van der Waals surface area (Å²) in [6, 6.07) is 0.439. The van der Waals surface area contributed by atoms with Crippen LogP contribution in [0.1, 0.15) is 94.9 Å². The molecule has 8 nitrogen and oxygen atoms in total. The molecule has 4 radical (unpaired) electrons. The van der Waals surface area contributed by atoms with E-state index in [9.17, 15) is 0 Å². The summed E-state index contributed by atoms with van der Waals surface area (Å²) in [6.45, 7) is 22.3. The molecule has 12 heteroatoms. The van der Waals surface area contributed by atoms with Crippen LogP contribution in [0.5, 0.6) is 0 Å². The van der Waals surface area contributed by atoms with Crippen LogP contribution in [-0.2, 0) is 27.6 Å². The van der Waals surface area contributed by atoms with E-state index in [1.54, 1.807) is 0 Å². The Balaban J connectivity index is 2.09. The molecule has 38 heavy (non-hydrogen) atoms. The number of ether oxygens (including phenoxy) is 2. The van der Waals surface area contributed by atoms with Crippen LogP contribution in [0, 0.1) is 0 Å². The zero-order valence-electron chi connectivity index (χ0n) is 25.4. The summed E-state index contributed by atoms with van der Waals surface area (Å²) in [5, 5.41) is 0. The molecule has 0 N–H and O–H groups in total. The highest BCUT2D eigenvalue weighted by Gasteiger charge is 2.39. The minimum atomic E-state index is -1.33. The predicted octanol–water partition coefficient (Wildman–Crippen LogP) is 5.87. The predicted molar refractivity (Wildman–Crippen MR) is 158 cm³/mol. The van der Waals surface area contributed by atoms with Gasteiger partial charge in [0.15, 0.2) is 0 Å². The minimum Gasteiger partial charge on any atom is -0.382 e. The molecule has 2 aliphatic rings. The molecule has 2 fully saturated rings. The molecule has 2 rings (SSSR count). The van der Waals surface area contributed by atoms with Gasteiger partial charge in [0.2, 0.25) is 0 Å². The van der Waals surface area contributed by atoms with Crippen LogP contribution < -0.4 is 0 Å². The largest absolute Gasteiger partial charge is 0.382 e. The SMILES string of the molecule is [B][C@H]1CC(OP(OCCOP(OC2C[C@H]([B])O[C@@H]2CC)N(C(C)C)C(C)C)N(C(C)C)C(C)C)[C@@H](CC)O1. The van der Waals surface area contributed by atoms with E-state index in [4.69, 9.17) is 43.3 Å². The van der Waals surface area contributed by atoms with Crippen molar-refractivity contribution in [2.45, 2.75) is 156 Å². The van der Waals surface area contributed by atoms with E-state index in [0.29, 0.717) is 26.1 Å². The van der Waals surface area contributed by atoms with Crippen LogP contribution in [-0.4, -0.2) is 98.8 Å². The zero-order valence-corrected chi connectivity index (χ0v) is 27.2. The van der Waals surface area contributed by atoms with Gasteiger partial charge >= 0.3 is 0 Å². The smallest absolute Gasteiger partial charge is 0.259 e.